The molecule has 1 saturated heterocycles. The maximum absolute atomic E-state index is 5.67. The Morgan fingerprint density at radius 1 is 1.50 bits per heavy atom. The largest absolute Gasteiger partial charge is 0.423 e. The summed E-state index contributed by atoms with van der Waals surface area (Å²) in [7, 11) is 0. The van der Waals surface area contributed by atoms with Crippen LogP contribution in [0.2, 0.25) is 0 Å². The van der Waals surface area contributed by atoms with Gasteiger partial charge in [0.2, 0.25) is 11.8 Å². The molecule has 1 aromatic rings. The quantitative estimate of drug-likeness (QED) is 0.844. The Balaban J connectivity index is 2.00. The summed E-state index contributed by atoms with van der Waals surface area (Å²) < 4.78 is 11.1. The van der Waals surface area contributed by atoms with Gasteiger partial charge in [-0.05, 0) is 26.3 Å². The minimum Gasteiger partial charge on any atom is -0.423 e. The predicted molar refractivity (Wildman–Crippen MR) is 59.2 cm³/mol. The highest BCUT2D eigenvalue weighted by Gasteiger charge is 2.23. The van der Waals surface area contributed by atoms with E-state index < -0.39 is 0 Å². The van der Waals surface area contributed by atoms with Crippen LogP contribution in [0, 0.1) is 0 Å². The fourth-order valence-corrected chi connectivity index (χ4v) is 1.92. The van der Waals surface area contributed by atoms with Crippen LogP contribution in [0.25, 0.3) is 0 Å². The molecule has 2 rings (SSSR count). The standard InChI is InChI=1S/C11H19N3O2/c1-3-12-8(2)10-13-14-11(16-10)9-5-4-6-15-7-9/h8-9,12H,3-7H2,1-2H3. The van der Waals surface area contributed by atoms with Crippen LogP contribution >= 0.6 is 0 Å². The van der Waals surface area contributed by atoms with Crippen LogP contribution in [0.4, 0.5) is 0 Å². The number of nitrogens with zero attached hydrogens (tertiary/aromatic N) is 2. The lowest BCUT2D eigenvalue weighted by Crippen LogP contribution is -2.18. The highest BCUT2D eigenvalue weighted by Crippen LogP contribution is 2.25. The Morgan fingerprint density at radius 3 is 3.06 bits per heavy atom. The average molecular weight is 225 g/mol. The van der Waals surface area contributed by atoms with E-state index in [1.165, 1.54) is 0 Å². The molecule has 0 spiro atoms. The summed E-state index contributed by atoms with van der Waals surface area (Å²) in [6, 6.07) is 0.121. The maximum atomic E-state index is 5.67. The Labute approximate surface area is 95.6 Å². The van der Waals surface area contributed by atoms with Gasteiger partial charge in [-0.3, -0.25) is 0 Å². The summed E-state index contributed by atoms with van der Waals surface area (Å²) in [5, 5.41) is 11.4. The number of ether oxygens (including phenoxy) is 1. The first-order chi connectivity index (χ1) is 7.81. The first-order valence-electron chi connectivity index (χ1n) is 5.95. The van der Waals surface area contributed by atoms with Crippen molar-refractivity contribution < 1.29 is 9.15 Å². The van der Waals surface area contributed by atoms with E-state index in [0.29, 0.717) is 12.5 Å². The fourth-order valence-electron chi connectivity index (χ4n) is 1.92. The van der Waals surface area contributed by atoms with E-state index in [9.17, 15) is 0 Å². The van der Waals surface area contributed by atoms with Crippen molar-refractivity contribution in [1.82, 2.24) is 15.5 Å². The molecule has 90 valence electrons. The van der Waals surface area contributed by atoms with Crippen LogP contribution in [0.1, 0.15) is 50.4 Å². The summed E-state index contributed by atoms with van der Waals surface area (Å²) >= 11 is 0. The molecule has 1 aromatic heterocycles. The van der Waals surface area contributed by atoms with Crippen molar-refractivity contribution in [3.63, 3.8) is 0 Å². The Kier molecular flexibility index (Phi) is 3.90. The van der Waals surface area contributed by atoms with Gasteiger partial charge in [-0.1, -0.05) is 6.92 Å². The predicted octanol–water partition coefficient (Wildman–Crippen LogP) is 1.63. The van der Waals surface area contributed by atoms with Crippen LogP contribution < -0.4 is 5.32 Å². The zero-order valence-corrected chi connectivity index (χ0v) is 9.90. The van der Waals surface area contributed by atoms with E-state index in [1.54, 1.807) is 0 Å². The Morgan fingerprint density at radius 2 is 2.38 bits per heavy atom. The van der Waals surface area contributed by atoms with E-state index in [0.717, 1.165) is 31.9 Å². The summed E-state index contributed by atoms with van der Waals surface area (Å²) in [5.41, 5.74) is 0. The second kappa shape index (κ2) is 5.41. The molecule has 5 nitrogen and oxygen atoms in total. The van der Waals surface area contributed by atoms with Crippen molar-refractivity contribution in [3.8, 4) is 0 Å². The van der Waals surface area contributed by atoms with Gasteiger partial charge < -0.3 is 14.5 Å². The summed E-state index contributed by atoms with van der Waals surface area (Å²) in [6.07, 6.45) is 2.16. The highest BCUT2D eigenvalue weighted by atomic mass is 16.5. The molecule has 0 saturated carbocycles. The molecule has 1 aliphatic rings. The second-order valence-electron chi connectivity index (χ2n) is 4.17. The zero-order valence-electron chi connectivity index (χ0n) is 9.90. The topological polar surface area (TPSA) is 60.2 Å². The first kappa shape index (κ1) is 11.5. The van der Waals surface area contributed by atoms with Crippen LogP contribution in [0.3, 0.4) is 0 Å². The van der Waals surface area contributed by atoms with Crippen molar-refractivity contribution >= 4 is 0 Å². The van der Waals surface area contributed by atoms with Gasteiger partial charge in [0.05, 0.1) is 18.6 Å². The molecule has 0 amide bonds. The molecule has 1 fully saturated rings. The molecular weight excluding hydrogens is 206 g/mol. The number of hydrogen-bond acceptors (Lipinski definition) is 5. The van der Waals surface area contributed by atoms with Crippen molar-refractivity contribution in [1.29, 1.82) is 0 Å². The van der Waals surface area contributed by atoms with Gasteiger partial charge in [0.25, 0.3) is 0 Å². The Hall–Kier alpha value is -0.940. The van der Waals surface area contributed by atoms with E-state index in [-0.39, 0.29) is 12.0 Å². The monoisotopic (exact) mass is 225 g/mol. The molecule has 0 bridgehead atoms. The van der Waals surface area contributed by atoms with Crippen molar-refractivity contribution in [2.45, 2.75) is 38.6 Å². The van der Waals surface area contributed by atoms with Gasteiger partial charge in [-0.15, -0.1) is 10.2 Å². The number of aromatic nitrogens is 2. The number of nitrogens with one attached hydrogen (secondary N) is 1. The molecule has 0 aromatic carbocycles. The first-order valence-corrected chi connectivity index (χ1v) is 5.95. The van der Waals surface area contributed by atoms with E-state index in [4.69, 9.17) is 9.15 Å². The van der Waals surface area contributed by atoms with Gasteiger partial charge >= 0.3 is 0 Å². The smallest absolute Gasteiger partial charge is 0.233 e. The van der Waals surface area contributed by atoms with E-state index >= 15 is 0 Å². The minimum atomic E-state index is 0.121. The summed E-state index contributed by atoms with van der Waals surface area (Å²) in [4.78, 5) is 0. The molecular formula is C11H19N3O2. The molecule has 0 radical (unpaired) electrons. The third-order valence-electron chi connectivity index (χ3n) is 2.85. The number of rotatable bonds is 4. The molecule has 1 aliphatic heterocycles. The van der Waals surface area contributed by atoms with Crippen LogP contribution in [0.15, 0.2) is 4.42 Å². The van der Waals surface area contributed by atoms with Crippen molar-refractivity contribution in [3.05, 3.63) is 11.8 Å². The highest BCUT2D eigenvalue weighted by molar-refractivity contribution is 4.95. The zero-order chi connectivity index (χ0) is 11.4. The molecule has 1 N–H and O–H groups in total. The molecule has 2 atom stereocenters. The van der Waals surface area contributed by atoms with Crippen LogP contribution in [-0.2, 0) is 4.74 Å². The minimum absolute atomic E-state index is 0.121. The lowest BCUT2D eigenvalue weighted by atomic mass is 10.0. The summed E-state index contributed by atoms with van der Waals surface area (Å²) in [5.74, 6) is 1.67. The average Bonchev–Trinajstić information content (AvgIpc) is 2.80. The van der Waals surface area contributed by atoms with E-state index in [2.05, 4.69) is 22.4 Å². The van der Waals surface area contributed by atoms with Gasteiger partial charge in [0, 0.05) is 6.61 Å². The normalized spacial score (nSPS) is 23.2. The molecule has 2 unspecified atom stereocenters. The van der Waals surface area contributed by atoms with Crippen molar-refractivity contribution in [2.75, 3.05) is 19.8 Å². The lowest BCUT2D eigenvalue weighted by molar-refractivity contribution is 0.0719. The SMILES string of the molecule is CCNC(C)c1nnc(C2CCCOC2)o1. The van der Waals surface area contributed by atoms with Crippen LogP contribution in [0.5, 0.6) is 0 Å². The molecule has 0 aliphatic carbocycles. The van der Waals surface area contributed by atoms with Crippen LogP contribution in [-0.4, -0.2) is 30.0 Å². The Bertz CT molecular complexity index is 321. The van der Waals surface area contributed by atoms with Gasteiger partial charge in [-0.25, -0.2) is 0 Å². The van der Waals surface area contributed by atoms with Gasteiger partial charge in [-0.2, -0.15) is 0 Å². The third-order valence-corrected chi connectivity index (χ3v) is 2.85. The van der Waals surface area contributed by atoms with Gasteiger partial charge in [0.1, 0.15) is 0 Å². The third kappa shape index (κ3) is 2.59. The molecule has 2 heterocycles. The lowest BCUT2D eigenvalue weighted by Gasteiger charge is -2.18. The fraction of sp³-hybridized carbons (Fsp3) is 0.818. The van der Waals surface area contributed by atoms with Crippen molar-refractivity contribution in [2.24, 2.45) is 0 Å². The second-order valence-corrected chi connectivity index (χ2v) is 4.17. The van der Waals surface area contributed by atoms with Gasteiger partial charge in [0.15, 0.2) is 0 Å². The molecule has 5 heteroatoms. The van der Waals surface area contributed by atoms with E-state index in [1.807, 2.05) is 6.92 Å². The number of hydrogen-bond donors (Lipinski definition) is 1. The molecule has 16 heavy (non-hydrogen) atoms. The summed E-state index contributed by atoms with van der Waals surface area (Å²) in [6.45, 7) is 6.54. The maximum Gasteiger partial charge on any atom is 0.233 e.